The van der Waals surface area contributed by atoms with Gasteiger partial charge < -0.3 is 10.6 Å². The maximum atomic E-state index is 13.5. The van der Waals surface area contributed by atoms with Crippen molar-refractivity contribution in [3.8, 4) is 0 Å². The van der Waals surface area contributed by atoms with E-state index in [1.54, 1.807) is 13.0 Å². The van der Waals surface area contributed by atoms with Crippen molar-refractivity contribution in [3.63, 3.8) is 0 Å². The first-order valence-corrected chi connectivity index (χ1v) is 9.75. The van der Waals surface area contributed by atoms with Crippen LogP contribution in [0.2, 0.25) is 0 Å². The highest BCUT2D eigenvalue weighted by Gasteiger charge is 2.09. The maximum absolute atomic E-state index is 13.5. The molecule has 0 aliphatic carbocycles. The fourth-order valence-corrected chi connectivity index (χ4v) is 2.70. The monoisotopic (exact) mass is 471 g/mol. The molecule has 0 heterocycles. The van der Waals surface area contributed by atoms with Gasteiger partial charge in [-0.15, -0.1) is 24.0 Å². The fourth-order valence-electron chi connectivity index (χ4n) is 1.92. The van der Waals surface area contributed by atoms with Crippen molar-refractivity contribution < 1.29 is 12.8 Å². The van der Waals surface area contributed by atoms with Crippen LogP contribution in [0.4, 0.5) is 4.39 Å². The van der Waals surface area contributed by atoms with E-state index >= 15 is 0 Å². The third-order valence-electron chi connectivity index (χ3n) is 3.30. The molecule has 0 fully saturated rings. The molecule has 1 aromatic rings. The molecule has 0 amide bonds. The van der Waals surface area contributed by atoms with Crippen molar-refractivity contribution in [2.45, 2.75) is 39.8 Å². The molecule has 8 heteroatoms. The predicted molar refractivity (Wildman–Crippen MR) is 108 cm³/mol. The number of aryl methyl sites for hydroxylation is 1. The van der Waals surface area contributed by atoms with Crippen LogP contribution in [0.1, 0.15) is 31.4 Å². The number of guanidine groups is 1. The zero-order valence-corrected chi connectivity index (χ0v) is 17.7. The smallest absolute Gasteiger partial charge is 0.191 e. The van der Waals surface area contributed by atoms with Gasteiger partial charge in [-0.1, -0.05) is 12.1 Å². The lowest BCUT2D eigenvalue weighted by atomic mass is 10.1. The van der Waals surface area contributed by atoms with Gasteiger partial charge in [0.15, 0.2) is 5.96 Å². The zero-order valence-electron chi connectivity index (χ0n) is 14.6. The Morgan fingerprint density at radius 3 is 2.58 bits per heavy atom. The van der Waals surface area contributed by atoms with Gasteiger partial charge in [0.25, 0.3) is 0 Å². The highest BCUT2D eigenvalue weighted by Crippen LogP contribution is 2.10. The molecule has 138 valence electrons. The third kappa shape index (κ3) is 9.41. The summed E-state index contributed by atoms with van der Waals surface area (Å²) in [5.41, 5.74) is 1.39. The number of nitrogens with one attached hydrogen (secondary N) is 2. The highest BCUT2D eigenvalue weighted by molar-refractivity contribution is 14.0. The van der Waals surface area contributed by atoms with Gasteiger partial charge in [0.2, 0.25) is 0 Å². The number of benzene rings is 1. The van der Waals surface area contributed by atoms with Crippen LogP contribution in [0.5, 0.6) is 0 Å². The number of rotatable bonds is 7. The van der Waals surface area contributed by atoms with Crippen LogP contribution in [0, 0.1) is 12.7 Å². The highest BCUT2D eigenvalue weighted by atomic mass is 127. The summed E-state index contributed by atoms with van der Waals surface area (Å²) in [6, 6.07) is 5.03. The van der Waals surface area contributed by atoms with E-state index in [0.717, 1.165) is 5.56 Å². The van der Waals surface area contributed by atoms with E-state index in [-0.39, 0.29) is 41.6 Å². The topological polar surface area (TPSA) is 70.6 Å². The minimum atomic E-state index is -2.97. The van der Waals surface area contributed by atoms with Gasteiger partial charge in [0.1, 0.15) is 15.7 Å². The molecule has 1 unspecified atom stereocenters. The minimum Gasteiger partial charge on any atom is -0.357 e. The molecular weight excluding hydrogens is 444 g/mol. The molecular formula is C16H27FIN3O2S. The minimum absolute atomic E-state index is 0. The molecule has 0 aliphatic rings. The van der Waals surface area contributed by atoms with E-state index in [1.807, 2.05) is 19.9 Å². The van der Waals surface area contributed by atoms with Crippen LogP contribution < -0.4 is 10.6 Å². The van der Waals surface area contributed by atoms with Crippen molar-refractivity contribution >= 4 is 39.8 Å². The average Bonchev–Trinajstić information content (AvgIpc) is 2.45. The summed E-state index contributed by atoms with van der Waals surface area (Å²) in [6.45, 7) is 6.61. The first kappa shape index (κ1) is 23.1. The normalized spacial score (nSPS) is 13.1. The first-order chi connectivity index (χ1) is 10.7. The van der Waals surface area contributed by atoms with Crippen LogP contribution in [-0.4, -0.2) is 39.0 Å². The van der Waals surface area contributed by atoms with E-state index in [9.17, 15) is 12.8 Å². The number of hydrogen-bond donors (Lipinski definition) is 2. The molecule has 1 atom stereocenters. The Morgan fingerprint density at radius 2 is 2.04 bits per heavy atom. The van der Waals surface area contributed by atoms with Crippen molar-refractivity contribution in [3.05, 3.63) is 35.1 Å². The quantitative estimate of drug-likeness (QED) is 0.365. The molecule has 1 aromatic carbocycles. The second-order valence-corrected chi connectivity index (χ2v) is 8.00. The van der Waals surface area contributed by atoms with Crippen LogP contribution >= 0.6 is 24.0 Å². The second-order valence-electron chi connectivity index (χ2n) is 5.74. The summed E-state index contributed by atoms with van der Waals surface area (Å²) < 4.78 is 36.0. The number of halogens is 2. The van der Waals surface area contributed by atoms with Crippen LogP contribution in [0.25, 0.3) is 0 Å². The van der Waals surface area contributed by atoms with Gasteiger partial charge in [-0.2, -0.15) is 0 Å². The van der Waals surface area contributed by atoms with Crippen molar-refractivity contribution in [1.82, 2.24) is 10.6 Å². The molecule has 2 N–H and O–H groups in total. The standard InChI is InChI=1S/C16H26FN3O2S.HI/c1-5-18-16(20-13(3)8-9-23(4,21)22)19-11-14-7-6-12(2)15(17)10-14;/h6-7,10,13H,5,8-9,11H2,1-4H3,(H2,18,19,20);1H. The fraction of sp³-hybridized carbons (Fsp3) is 0.562. The third-order valence-corrected chi connectivity index (χ3v) is 4.28. The predicted octanol–water partition coefficient (Wildman–Crippen LogP) is 2.63. The van der Waals surface area contributed by atoms with Gasteiger partial charge in [-0.25, -0.2) is 17.8 Å². The Morgan fingerprint density at radius 1 is 1.38 bits per heavy atom. The lowest BCUT2D eigenvalue weighted by Crippen LogP contribution is -2.42. The van der Waals surface area contributed by atoms with Gasteiger partial charge in [0, 0.05) is 18.8 Å². The van der Waals surface area contributed by atoms with Crippen molar-refractivity contribution in [1.29, 1.82) is 0 Å². The Hall–Kier alpha value is -0.900. The van der Waals surface area contributed by atoms with E-state index < -0.39 is 9.84 Å². The molecule has 0 spiro atoms. The molecule has 0 aliphatic heterocycles. The van der Waals surface area contributed by atoms with Gasteiger partial charge in [-0.3, -0.25) is 0 Å². The van der Waals surface area contributed by atoms with Crippen molar-refractivity contribution in [2.75, 3.05) is 18.6 Å². The SMILES string of the molecule is CCNC(=NCc1ccc(C)c(F)c1)NC(C)CCS(C)(=O)=O.I. The largest absolute Gasteiger partial charge is 0.357 e. The van der Waals surface area contributed by atoms with Crippen molar-refractivity contribution in [2.24, 2.45) is 4.99 Å². The summed E-state index contributed by atoms with van der Waals surface area (Å²) in [7, 11) is -2.97. The second kappa shape index (κ2) is 10.9. The average molecular weight is 471 g/mol. The Bertz CT molecular complexity index is 651. The summed E-state index contributed by atoms with van der Waals surface area (Å²) in [4.78, 5) is 4.42. The summed E-state index contributed by atoms with van der Waals surface area (Å²) in [5, 5.41) is 6.27. The van der Waals surface area contributed by atoms with Gasteiger partial charge >= 0.3 is 0 Å². The molecule has 5 nitrogen and oxygen atoms in total. The van der Waals surface area contributed by atoms with Gasteiger partial charge in [-0.05, 0) is 44.4 Å². The molecule has 0 saturated heterocycles. The molecule has 0 aromatic heterocycles. The lowest BCUT2D eigenvalue weighted by Gasteiger charge is -2.17. The first-order valence-electron chi connectivity index (χ1n) is 7.69. The Kier molecular flexibility index (Phi) is 10.5. The molecule has 0 radical (unpaired) electrons. The van der Waals surface area contributed by atoms with E-state index in [4.69, 9.17) is 0 Å². The van der Waals surface area contributed by atoms with E-state index in [2.05, 4.69) is 15.6 Å². The molecule has 0 saturated carbocycles. The molecule has 1 rings (SSSR count). The van der Waals surface area contributed by atoms with E-state index in [1.165, 1.54) is 12.3 Å². The van der Waals surface area contributed by atoms with E-state index in [0.29, 0.717) is 31.0 Å². The summed E-state index contributed by atoms with van der Waals surface area (Å²) in [6.07, 6.45) is 1.73. The van der Waals surface area contributed by atoms with Crippen LogP contribution in [0.3, 0.4) is 0 Å². The lowest BCUT2D eigenvalue weighted by molar-refractivity contribution is 0.581. The van der Waals surface area contributed by atoms with Crippen LogP contribution in [0.15, 0.2) is 23.2 Å². The zero-order chi connectivity index (χ0) is 17.5. The number of sulfone groups is 1. The van der Waals surface area contributed by atoms with Gasteiger partial charge in [0.05, 0.1) is 12.3 Å². The molecule has 0 bridgehead atoms. The van der Waals surface area contributed by atoms with Crippen LogP contribution in [-0.2, 0) is 16.4 Å². The Balaban J connectivity index is 0.00000529. The summed E-state index contributed by atoms with van der Waals surface area (Å²) >= 11 is 0. The summed E-state index contributed by atoms with van der Waals surface area (Å²) in [5.74, 6) is 0.482. The number of aliphatic imine (C=N–C) groups is 1. The maximum Gasteiger partial charge on any atom is 0.191 e. The number of nitrogens with zero attached hydrogens (tertiary/aromatic N) is 1. The Labute approximate surface area is 161 Å². The molecule has 24 heavy (non-hydrogen) atoms. The number of hydrogen-bond acceptors (Lipinski definition) is 3.